The van der Waals surface area contributed by atoms with E-state index in [1.165, 1.54) is 22.3 Å². The van der Waals surface area contributed by atoms with Gasteiger partial charge in [-0.05, 0) is 95.8 Å². The molecule has 0 amide bonds. The van der Waals surface area contributed by atoms with Crippen molar-refractivity contribution in [3.05, 3.63) is 64.7 Å². The molecular formula is C40H58BNO3. The Morgan fingerprint density at radius 2 is 1.04 bits per heavy atom. The SMILES string of the molecule is COc1c(-c2cc(C(C)(C)C)cc(-c3cc(B4OC(C)(C)C(C)(C)O4)cc(C(C)(C)C)c3)n2)cc(C(C)(C)C)cc1C(C)(C)C. The zero-order chi connectivity index (χ0) is 34.1. The van der Waals surface area contributed by atoms with Crippen LogP contribution in [0.1, 0.15) is 133 Å². The lowest BCUT2D eigenvalue weighted by atomic mass is 9.74. The molecule has 0 unspecified atom stereocenters. The topological polar surface area (TPSA) is 40.6 Å². The molecule has 0 saturated carbocycles. The van der Waals surface area contributed by atoms with E-state index < -0.39 is 18.3 Å². The van der Waals surface area contributed by atoms with Crippen molar-refractivity contribution in [2.75, 3.05) is 7.11 Å². The number of nitrogens with zero attached hydrogens (tertiary/aromatic N) is 1. The minimum Gasteiger partial charge on any atom is -0.496 e. The zero-order valence-electron chi connectivity index (χ0n) is 31.3. The van der Waals surface area contributed by atoms with Crippen LogP contribution in [-0.4, -0.2) is 30.4 Å². The van der Waals surface area contributed by atoms with Crippen LogP contribution >= 0.6 is 0 Å². The Morgan fingerprint density at radius 1 is 0.578 bits per heavy atom. The Labute approximate surface area is 274 Å². The number of hydrogen-bond donors (Lipinski definition) is 0. The quantitative estimate of drug-likeness (QED) is 0.275. The average molecular weight is 612 g/mol. The predicted molar refractivity (Wildman–Crippen MR) is 192 cm³/mol. The minimum absolute atomic E-state index is 0.0374. The van der Waals surface area contributed by atoms with E-state index >= 15 is 0 Å². The second kappa shape index (κ2) is 11.3. The number of aromatic nitrogens is 1. The molecule has 45 heavy (non-hydrogen) atoms. The second-order valence-corrected chi connectivity index (χ2v) is 18.2. The highest BCUT2D eigenvalue weighted by molar-refractivity contribution is 6.62. The molecule has 1 aliphatic heterocycles. The molecule has 3 aromatic rings. The number of benzene rings is 2. The van der Waals surface area contributed by atoms with Gasteiger partial charge in [-0.15, -0.1) is 0 Å². The Hall–Kier alpha value is -2.63. The first-order valence-corrected chi connectivity index (χ1v) is 16.5. The fraction of sp³-hybridized carbons (Fsp3) is 0.575. The van der Waals surface area contributed by atoms with Crippen molar-refractivity contribution in [2.24, 2.45) is 0 Å². The van der Waals surface area contributed by atoms with E-state index in [0.29, 0.717) is 0 Å². The average Bonchev–Trinajstić information content (AvgIpc) is 3.11. The van der Waals surface area contributed by atoms with E-state index in [9.17, 15) is 0 Å². The molecule has 244 valence electrons. The number of pyridine rings is 1. The maximum atomic E-state index is 6.54. The summed E-state index contributed by atoms with van der Waals surface area (Å²) >= 11 is 0. The second-order valence-electron chi connectivity index (χ2n) is 18.2. The van der Waals surface area contributed by atoms with E-state index in [1.54, 1.807) is 7.11 Å². The smallest absolute Gasteiger partial charge is 0.494 e. The van der Waals surface area contributed by atoms with Crippen molar-refractivity contribution in [1.29, 1.82) is 0 Å². The maximum absolute atomic E-state index is 6.54. The lowest BCUT2D eigenvalue weighted by molar-refractivity contribution is 0.00578. The Balaban J connectivity index is 2.04. The van der Waals surface area contributed by atoms with Crippen LogP contribution in [0.4, 0.5) is 0 Å². The van der Waals surface area contributed by atoms with Gasteiger partial charge in [0, 0.05) is 16.7 Å². The summed E-state index contributed by atoms with van der Waals surface area (Å²) in [4.78, 5) is 5.43. The van der Waals surface area contributed by atoms with E-state index in [2.05, 4.69) is 153 Å². The third-order valence-corrected chi connectivity index (χ3v) is 9.58. The van der Waals surface area contributed by atoms with Crippen molar-refractivity contribution in [3.8, 4) is 28.3 Å². The number of ether oxygens (including phenoxy) is 1. The van der Waals surface area contributed by atoms with Crippen LogP contribution in [-0.2, 0) is 31.0 Å². The molecule has 1 fully saturated rings. The first-order valence-electron chi connectivity index (χ1n) is 16.5. The van der Waals surface area contributed by atoms with Crippen molar-refractivity contribution < 1.29 is 14.0 Å². The summed E-state index contributed by atoms with van der Waals surface area (Å²) < 4.78 is 19.3. The van der Waals surface area contributed by atoms with Gasteiger partial charge in [-0.25, -0.2) is 4.98 Å². The largest absolute Gasteiger partial charge is 0.496 e. The van der Waals surface area contributed by atoms with Gasteiger partial charge >= 0.3 is 7.12 Å². The molecule has 1 saturated heterocycles. The Morgan fingerprint density at radius 3 is 1.51 bits per heavy atom. The molecule has 0 spiro atoms. The third kappa shape index (κ3) is 7.20. The summed E-state index contributed by atoms with van der Waals surface area (Å²) in [5.41, 5.74) is 8.69. The standard InChI is InChI=1S/C40H58BNO3/c1-35(2,3)26-18-25(19-29(20-26)41-44-39(13,14)40(15,16)45-41)32-23-28(37(7,8)9)24-33(42-32)30-21-27(36(4,5)6)22-31(34(30)43-17)38(10,11)12/h18-24H,1-17H3. The van der Waals surface area contributed by atoms with E-state index in [-0.39, 0.29) is 21.7 Å². The maximum Gasteiger partial charge on any atom is 0.494 e. The molecule has 2 aromatic carbocycles. The van der Waals surface area contributed by atoms with Gasteiger partial charge in [-0.1, -0.05) is 101 Å². The van der Waals surface area contributed by atoms with Gasteiger partial charge in [-0.3, -0.25) is 0 Å². The van der Waals surface area contributed by atoms with Crippen LogP contribution < -0.4 is 10.2 Å². The zero-order valence-corrected chi connectivity index (χ0v) is 31.3. The first-order chi connectivity index (χ1) is 20.2. The van der Waals surface area contributed by atoms with Gasteiger partial charge in [0.25, 0.3) is 0 Å². The predicted octanol–water partition coefficient (Wildman–Crippen LogP) is 9.91. The highest BCUT2D eigenvalue weighted by Gasteiger charge is 2.52. The van der Waals surface area contributed by atoms with E-state index in [1.807, 2.05) is 0 Å². The van der Waals surface area contributed by atoms with Crippen LogP contribution in [0.2, 0.25) is 0 Å². The molecule has 1 aliphatic rings. The molecule has 0 atom stereocenters. The minimum atomic E-state index is -0.459. The van der Waals surface area contributed by atoms with Crippen LogP contribution in [0.5, 0.6) is 5.75 Å². The van der Waals surface area contributed by atoms with Gasteiger partial charge in [0.2, 0.25) is 0 Å². The van der Waals surface area contributed by atoms with Crippen molar-refractivity contribution in [1.82, 2.24) is 4.98 Å². The highest BCUT2D eigenvalue weighted by atomic mass is 16.7. The van der Waals surface area contributed by atoms with Crippen LogP contribution in [0.25, 0.3) is 22.5 Å². The Bertz CT molecular complexity index is 1560. The summed E-state index contributed by atoms with van der Waals surface area (Å²) in [6, 6.07) is 15.9. The van der Waals surface area contributed by atoms with E-state index in [4.69, 9.17) is 19.0 Å². The van der Waals surface area contributed by atoms with Crippen LogP contribution in [0.15, 0.2) is 42.5 Å². The molecule has 0 aliphatic carbocycles. The first kappa shape index (κ1) is 35.2. The monoisotopic (exact) mass is 611 g/mol. The number of hydrogen-bond acceptors (Lipinski definition) is 4. The van der Waals surface area contributed by atoms with Gasteiger partial charge in [0.1, 0.15) is 5.75 Å². The molecule has 4 nitrogen and oxygen atoms in total. The van der Waals surface area contributed by atoms with Crippen LogP contribution in [0.3, 0.4) is 0 Å². The van der Waals surface area contributed by atoms with Gasteiger partial charge < -0.3 is 14.0 Å². The Kier molecular flexibility index (Phi) is 8.82. The molecule has 1 aromatic heterocycles. The van der Waals surface area contributed by atoms with Crippen molar-refractivity contribution >= 4 is 12.6 Å². The summed E-state index contributed by atoms with van der Waals surface area (Å²) in [5.74, 6) is 0.890. The lowest BCUT2D eigenvalue weighted by Gasteiger charge is -2.32. The molecule has 0 bridgehead atoms. The van der Waals surface area contributed by atoms with Gasteiger partial charge in [0.05, 0.1) is 29.7 Å². The normalized spacial score (nSPS) is 17.1. The number of rotatable bonds is 4. The number of methoxy groups -OCH3 is 1. The van der Waals surface area contributed by atoms with E-state index in [0.717, 1.165) is 33.7 Å². The fourth-order valence-electron chi connectivity index (χ4n) is 5.63. The van der Waals surface area contributed by atoms with Crippen molar-refractivity contribution in [2.45, 2.75) is 144 Å². The van der Waals surface area contributed by atoms with Crippen LogP contribution in [0, 0.1) is 0 Å². The molecule has 5 heteroatoms. The fourth-order valence-corrected chi connectivity index (χ4v) is 5.63. The summed E-state index contributed by atoms with van der Waals surface area (Å²) in [7, 11) is 1.32. The lowest BCUT2D eigenvalue weighted by Crippen LogP contribution is -2.41. The molecule has 0 radical (unpaired) electrons. The molecule has 4 rings (SSSR count). The third-order valence-electron chi connectivity index (χ3n) is 9.58. The van der Waals surface area contributed by atoms with Gasteiger partial charge in [-0.2, -0.15) is 0 Å². The molecule has 2 heterocycles. The summed E-state index contributed by atoms with van der Waals surface area (Å²) in [5, 5.41) is 0. The molecule has 0 N–H and O–H groups in total. The van der Waals surface area contributed by atoms with Gasteiger partial charge in [0.15, 0.2) is 0 Å². The highest BCUT2D eigenvalue weighted by Crippen LogP contribution is 2.44. The van der Waals surface area contributed by atoms with Crippen molar-refractivity contribution in [3.63, 3.8) is 0 Å². The summed E-state index contributed by atoms with van der Waals surface area (Å²) in [6.07, 6.45) is 0. The molecular weight excluding hydrogens is 553 g/mol. The summed E-state index contributed by atoms with van der Waals surface area (Å²) in [6.45, 7) is 35.5.